The molecular formula is C20H27NO3. The number of hydrogen-bond donors (Lipinski definition) is 1. The van der Waals surface area contributed by atoms with Crippen LogP contribution in [0.15, 0.2) is 21.3 Å². The summed E-state index contributed by atoms with van der Waals surface area (Å²) in [6, 6.07) is 4.02. The van der Waals surface area contributed by atoms with E-state index < -0.39 is 0 Å². The van der Waals surface area contributed by atoms with E-state index in [1.165, 1.54) is 25.3 Å². The van der Waals surface area contributed by atoms with Crippen molar-refractivity contribution in [3.8, 4) is 5.75 Å². The summed E-state index contributed by atoms with van der Waals surface area (Å²) in [7, 11) is 0. The van der Waals surface area contributed by atoms with Gasteiger partial charge in [0, 0.05) is 24.0 Å². The highest BCUT2D eigenvalue weighted by atomic mass is 16.4. The van der Waals surface area contributed by atoms with E-state index in [1.54, 1.807) is 0 Å². The molecule has 4 nitrogen and oxygen atoms in total. The Labute approximate surface area is 143 Å². The Hall–Kier alpha value is -1.81. The number of phenols is 1. The lowest BCUT2D eigenvalue weighted by atomic mass is 9.96. The van der Waals surface area contributed by atoms with Gasteiger partial charge in [0.1, 0.15) is 11.3 Å². The van der Waals surface area contributed by atoms with Crippen molar-refractivity contribution in [2.75, 3.05) is 6.54 Å². The SMILES string of the molecule is CCc1cc2c(C)cc(=O)oc2c(CN2CCCC[C@@H]2CC)c1O. The molecule has 3 rings (SSSR count). The third kappa shape index (κ3) is 3.07. The molecule has 130 valence electrons. The van der Waals surface area contributed by atoms with Gasteiger partial charge < -0.3 is 9.52 Å². The molecular weight excluding hydrogens is 302 g/mol. The Balaban J connectivity index is 2.14. The first-order chi connectivity index (χ1) is 11.5. The van der Waals surface area contributed by atoms with Crippen molar-refractivity contribution in [1.82, 2.24) is 4.90 Å². The topological polar surface area (TPSA) is 53.7 Å². The van der Waals surface area contributed by atoms with E-state index in [9.17, 15) is 9.90 Å². The van der Waals surface area contributed by atoms with Gasteiger partial charge in [-0.1, -0.05) is 20.3 Å². The molecule has 1 N–H and O–H groups in total. The summed E-state index contributed by atoms with van der Waals surface area (Å²) in [5.74, 6) is 0.291. The van der Waals surface area contributed by atoms with Crippen molar-refractivity contribution >= 4 is 11.0 Å². The smallest absolute Gasteiger partial charge is 0.336 e. The summed E-state index contributed by atoms with van der Waals surface area (Å²) in [6.45, 7) is 7.85. The minimum Gasteiger partial charge on any atom is -0.507 e. The average Bonchev–Trinajstić information content (AvgIpc) is 2.57. The maximum absolute atomic E-state index is 11.9. The number of fused-ring (bicyclic) bond motifs is 1. The van der Waals surface area contributed by atoms with Crippen LogP contribution in [0.1, 0.15) is 56.2 Å². The van der Waals surface area contributed by atoms with Gasteiger partial charge in [-0.25, -0.2) is 4.79 Å². The molecule has 1 saturated heterocycles. The molecule has 1 atom stereocenters. The van der Waals surface area contributed by atoms with Crippen LogP contribution in [-0.4, -0.2) is 22.6 Å². The number of likely N-dealkylation sites (tertiary alicyclic amines) is 1. The molecule has 0 aliphatic carbocycles. The summed E-state index contributed by atoms with van der Waals surface area (Å²) < 4.78 is 5.52. The second-order valence-corrected chi connectivity index (χ2v) is 6.87. The largest absolute Gasteiger partial charge is 0.507 e. The molecule has 0 spiro atoms. The summed E-state index contributed by atoms with van der Waals surface area (Å²) in [4.78, 5) is 14.3. The molecule has 0 bridgehead atoms. The fourth-order valence-electron chi connectivity index (χ4n) is 3.92. The molecule has 0 unspecified atom stereocenters. The average molecular weight is 329 g/mol. The van der Waals surface area contributed by atoms with Crippen molar-refractivity contribution in [3.05, 3.63) is 39.2 Å². The first-order valence-corrected chi connectivity index (χ1v) is 9.07. The van der Waals surface area contributed by atoms with Crippen LogP contribution in [0.4, 0.5) is 0 Å². The lowest BCUT2D eigenvalue weighted by Gasteiger charge is -2.35. The van der Waals surface area contributed by atoms with Crippen molar-refractivity contribution in [2.24, 2.45) is 0 Å². The Kier molecular flexibility index (Phi) is 4.95. The number of hydrogen-bond acceptors (Lipinski definition) is 4. The first kappa shape index (κ1) is 17.0. The number of aryl methyl sites for hydroxylation is 2. The van der Waals surface area contributed by atoms with Gasteiger partial charge in [-0.3, -0.25) is 4.90 Å². The zero-order chi connectivity index (χ0) is 17.3. The van der Waals surface area contributed by atoms with Crippen LogP contribution in [0.25, 0.3) is 11.0 Å². The second kappa shape index (κ2) is 6.98. The number of aromatic hydroxyl groups is 1. The van der Waals surface area contributed by atoms with E-state index in [0.717, 1.165) is 41.5 Å². The zero-order valence-electron chi connectivity index (χ0n) is 14.9. The van der Waals surface area contributed by atoms with Gasteiger partial charge in [-0.2, -0.15) is 0 Å². The molecule has 1 aliphatic heterocycles. The van der Waals surface area contributed by atoms with Crippen molar-refractivity contribution in [2.45, 2.75) is 65.5 Å². The normalized spacial score (nSPS) is 19.0. The fraction of sp³-hybridized carbons (Fsp3) is 0.550. The zero-order valence-corrected chi connectivity index (χ0v) is 14.9. The Morgan fingerprint density at radius 2 is 2.08 bits per heavy atom. The minimum atomic E-state index is -0.351. The number of nitrogens with zero attached hydrogens (tertiary/aromatic N) is 1. The first-order valence-electron chi connectivity index (χ1n) is 9.07. The van der Waals surface area contributed by atoms with Gasteiger partial charge in [0.05, 0.1) is 5.56 Å². The third-order valence-corrected chi connectivity index (χ3v) is 5.35. The number of rotatable bonds is 4. The predicted octanol–water partition coefficient (Wildman–Crippen LogP) is 4.13. The molecule has 24 heavy (non-hydrogen) atoms. The number of benzene rings is 1. The van der Waals surface area contributed by atoms with E-state index in [1.807, 2.05) is 19.9 Å². The van der Waals surface area contributed by atoms with E-state index in [2.05, 4.69) is 11.8 Å². The lowest BCUT2D eigenvalue weighted by molar-refractivity contribution is 0.135. The van der Waals surface area contributed by atoms with Crippen molar-refractivity contribution < 1.29 is 9.52 Å². The number of piperidine rings is 1. The molecule has 4 heteroatoms. The van der Waals surface area contributed by atoms with Crippen molar-refractivity contribution in [3.63, 3.8) is 0 Å². The molecule has 1 aromatic carbocycles. The summed E-state index contributed by atoms with van der Waals surface area (Å²) in [6.07, 6.45) is 5.52. The third-order valence-electron chi connectivity index (χ3n) is 5.35. The Morgan fingerprint density at radius 3 is 2.79 bits per heavy atom. The van der Waals surface area contributed by atoms with E-state index in [-0.39, 0.29) is 5.63 Å². The van der Waals surface area contributed by atoms with E-state index in [0.29, 0.717) is 23.9 Å². The quantitative estimate of drug-likeness (QED) is 0.857. The molecule has 2 aromatic rings. The highest BCUT2D eigenvalue weighted by Gasteiger charge is 2.24. The molecule has 1 fully saturated rings. The van der Waals surface area contributed by atoms with Gasteiger partial charge in [0.2, 0.25) is 0 Å². The standard InChI is InChI=1S/C20H27NO3/c1-4-14-11-16-13(3)10-18(22)24-20(16)17(19(14)23)12-21-9-7-6-8-15(21)5-2/h10-11,15,23H,4-9,12H2,1-3H3/t15-/m0/s1. The lowest BCUT2D eigenvalue weighted by Crippen LogP contribution is -2.38. The minimum absolute atomic E-state index is 0.291. The molecule has 0 amide bonds. The van der Waals surface area contributed by atoms with Gasteiger partial charge in [-0.15, -0.1) is 0 Å². The van der Waals surface area contributed by atoms with Crippen LogP contribution in [0, 0.1) is 6.92 Å². The van der Waals surface area contributed by atoms with Crippen LogP contribution >= 0.6 is 0 Å². The van der Waals surface area contributed by atoms with Crippen molar-refractivity contribution in [1.29, 1.82) is 0 Å². The van der Waals surface area contributed by atoms with Crippen LogP contribution in [-0.2, 0) is 13.0 Å². The molecule has 2 heterocycles. The molecule has 0 saturated carbocycles. The Bertz CT molecular complexity index is 794. The van der Waals surface area contributed by atoms with Gasteiger partial charge in [0.25, 0.3) is 0 Å². The second-order valence-electron chi connectivity index (χ2n) is 6.87. The van der Waals surface area contributed by atoms with Crippen LogP contribution in [0.5, 0.6) is 5.75 Å². The van der Waals surface area contributed by atoms with Gasteiger partial charge in [0.15, 0.2) is 0 Å². The summed E-state index contributed by atoms with van der Waals surface area (Å²) in [5.41, 5.74) is 2.79. The molecule has 1 aliphatic rings. The molecule has 1 aromatic heterocycles. The highest BCUT2D eigenvalue weighted by molar-refractivity contribution is 5.86. The Morgan fingerprint density at radius 1 is 1.29 bits per heavy atom. The maximum atomic E-state index is 11.9. The van der Waals surface area contributed by atoms with Crippen LogP contribution < -0.4 is 5.63 Å². The highest BCUT2D eigenvalue weighted by Crippen LogP contribution is 2.35. The fourth-order valence-corrected chi connectivity index (χ4v) is 3.92. The van der Waals surface area contributed by atoms with Crippen LogP contribution in [0.3, 0.4) is 0 Å². The predicted molar refractivity (Wildman–Crippen MR) is 96.6 cm³/mol. The van der Waals surface area contributed by atoms with E-state index in [4.69, 9.17) is 4.42 Å². The van der Waals surface area contributed by atoms with Crippen LogP contribution in [0.2, 0.25) is 0 Å². The summed E-state index contributed by atoms with van der Waals surface area (Å²) >= 11 is 0. The number of phenolic OH excluding ortho intramolecular Hbond substituents is 1. The summed E-state index contributed by atoms with van der Waals surface area (Å²) in [5, 5.41) is 11.7. The maximum Gasteiger partial charge on any atom is 0.336 e. The van der Waals surface area contributed by atoms with Gasteiger partial charge in [-0.05, 0) is 56.3 Å². The van der Waals surface area contributed by atoms with Gasteiger partial charge >= 0.3 is 5.63 Å². The molecule has 0 radical (unpaired) electrons. The monoisotopic (exact) mass is 329 g/mol. The van der Waals surface area contributed by atoms with E-state index >= 15 is 0 Å².